The minimum absolute atomic E-state index is 0.120. The summed E-state index contributed by atoms with van der Waals surface area (Å²) in [6, 6.07) is 13.9. The van der Waals surface area contributed by atoms with E-state index in [1.54, 1.807) is 6.07 Å². The molecule has 0 radical (unpaired) electrons. The van der Waals surface area contributed by atoms with Gasteiger partial charge in [-0.3, -0.25) is 4.79 Å². The van der Waals surface area contributed by atoms with E-state index in [4.69, 9.17) is 16.4 Å². The molecule has 6 heteroatoms. The van der Waals surface area contributed by atoms with Crippen LogP contribution < -0.4 is 0 Å². The molecule has 0 bridgehead atoms. The van der Waals surface area contributed by atoms with E-state index in [0.29, 0.717) is 35.8 Å². The van der Waals surface area contributed by atoms with E-state index in [2.05, 4.69) is 5.16 Å². The molecule has 0 spiro atoms. The summed E-state index contributed by atoms with van der Waals surface area (Å²) in [6.45, 7) is 0.940. The van der Waals surface area contributed by atoms with Gasteiger partial charge in [-0.25, -0.2) is 4.39 Å². The van der Waals surface area contributed by atoms with Crippen LogP contribution in [0, 0.1) is 11.7 Å². The fraction of sp³-hybridized carbons (Fsp3) is 0.333. The second-order valence-electron chi connectivity index (χ2n) is 7.10. The molecule has 4 nitrogen and oxygen atoms in total. The highest BCUT2D eigenvalue weighted by molar-refractivity contribution is 6.30. The molecule has 4 rings (SSSR count). The molecular formula is C21H20ClFN2O2. The van der Waals surface area contributed by atoms with Crippen molar-refractivity contribution in [1.29, 1.82) is 0 Å². The lowest BCUT2D eigenvalue weighted by Crippen LogP contribution is -2.38. The smallest absolute Gasteiger partial charge is 0.226 e. The fourth-order valence-corrected chi connectivity index (χ4v) is 3.50. The summed E-state index contributed by atoms with van der Waals surface area (Å²) in [6.07, 6.45) is 2.21. The number of nitrogens with zero attached hydrogens (tertiary/aromatic N) is 2. The summed E-state index contributed by atoms with van der Waals surface area (Å²) in [5.41, 5.74) is 2.41. The van der Waals surface area contributed by atoms with Crippen LogP contribution in [0.4, 0.5) is 4.39 Å². The fourth-order valence-electron chi connectivity index (χ4n) is 3.29. The van der Waals surface area contributed by atoms with Crippen molar-refractivity contribution in [1.82, 2.24) is 4.90 Å². The highest BCUT2D eigenvalue weighted by Crippen LogP contribution is 2.32. The maximum Gasteiger partial charge on any atom is 0.226 e. The lowest BCUT2D eigenvalue weighted by Gasteiger charge is -2.25. The van der Waals surface area contributed by atoms with Gasteiger partial charge in [-0.2, -0.15) is 0 Å². The van der Waals surface area contributed by atoms with Gasteiger partial charge in [0, 0.05) is 29.5 Å². The molecule has 27 heavy (non-hydrogen) atoms. The molecule has 0 N–H and O–H groups in total. The van der Waals surface area contributed by atoms with Crippen LogP contribution in [0.2, 0.25) is 5.02 Å². The number of hydrogen-bond donors (Lipinski definition) is 0. The maximum absolute atomic E-state index is 13.4. The Morgan fingerprint density at radius 3 is 2.78 bits per heavy atom. The zero-order chi connectivity index (χ0) is 18.8. The van der Waals surface area contributed by atoms with Gasteiger partial charge >= 0.3 is 0 Å². The second-order valence-corrected chi connectivity index (χ2v) is 7.54. The first-order valence-corrected chi connectivity index (χ1v) is 9.48. The molecule has 1 atom stereocenters. The Morgan fingerprint density at radius 2 is 2.04 bits per heavy atom. The molecule has 1 fully saturated rings. The Balaban J connectivity index is 1.43. The van der Waals surface area contributed by atoms with Crippen LogP contribution in [-0.4, -0.2) is 29.2 Å². The van der Waals surface area contributed by atoms with E-state index < -0.39 is 0 Å². The number of benzene rings is 2. The molecule has 1 saturated carbocycles. The monoisotopic (exact) mass is 386 g/mol. The Morgan fingerprint density at radius 1 is 1.22 bits per heavy atom. The summed E-state index contributed by atoms with van der Waals surface area (Å²) >= 11 is 6.08. The zero-order valence-corrected chi connectivity index (χ0v) is 15.5. The molecule has 1 heterocycles. The quantitative estimate of drug-likeness (QED) is 0.737. The van der Waals surface area contributed by atoms with Crippen molar-refractivity contribution in [2.24, 2.45) is 11.1 Å². The molecule has 0 saturated heterocycles. The molecule has 2 aliphatic rings. The van der Waals surface area contributed by atoms with E-state index in [0.717, 1.165) is 18.4 Å². The normalized spacial score (nSPS) is 18.7. The van der Waals surface area contributed by atoms with Crippen molar-refractivity contribution in [3.63, 3.8) is 0 Å². The number of oxime groups is 1. The standard InChI is InChI=1S/C21H20ClFN2O2/c22-17-5-1-3-14(9-17)12-25(21(26)15-7-8-15)13-19-11-20(24-27-19)16-4-2-6-18(23)10-16/h1-6,9-10,15,19H,7-8,11-13H2/t19-/m1/s1. The van der Waals surface area contributed by atoms with Gasteiger partial charge in [-0.15, -0.1) is 0 Å². The Hall–Kier alpha value is -2.40. The van der Waals surface area contributed by atoms with Gasteiger partial charge in [0.25, 0.3) is 0 Å². The first kappa shape index (κ1) is 18.0. The van der Waals surface area contributed by atoms with Crippen LogP contribution in [-0.2, 0) is 16.2 Å². The molecule has 2 aromatic rings. The Labute approximate surface area is 162 Å². The van der Waals surface area contributed by atoms with Crippen LogP contribution in [0.1, 0.15) is 30.4 Å². The summed E-state index contributed by atoms with van der Waals surface area (Å²) in [7, 11) is 0. The average molecular weight is 387 g/mol. The van der Waals surface area contributed by atoms with E-state index in [9.17, 15) is 9.18 Å². The predicted octanol–water partition coefficient (Wildman–Crippen LogP) is 4.41. The summed E-state index contributed by atoms with van der Waals surface area (Å²) in [5, 5.41) is 4.77. The van der Waals surface area contributed by atoms with Crippen LogP contribution in [0.3, 0.4) is 0 Å². The second kappa shape index (κ2) is 7.69. The molecule has 1 aliphatic heterocycles. The lowest BCUT2D eigenvalue weighted by atomic mass is 10.0. The number of halogens is 2. The molecule has 1 amide bonds. The highest BCUT2D eigenvalue weighted by atomic mass is 35.5. The number of carbonyl (C=O) groups excluding carboxylic acids is 1. The molecule has 2 aromatic carbocycles. The van der Waals surface area contributed by atoms with Gasteiger partial charge in [0.1, 0.15) is 5.82 Å². The summed E-state index contributed by atoms with van der Waals surface area (Å²) < 4.78 is 13.4. The van der Waals surface area contributed by atoms with Crippen molar-refractivity contribution >= 4 is 23.2 Å². The number of amides is 1. The van der Waals surface area contributed by atoms with Crippen LogP contribution in [0.5, 0.6) is 0 Å². The first-order valence-electron chi connectivity index (χ1n) is 9.10. The largest absolute Gasteiger partial charge is 0.390 e. The summed E-state index contributed by atoms with van der Waals surface area (Å²) in [5.74, 6) is -0.0304. The third kappa shape index (κ3) is 4.48. The Bertz CT molecular complexity index is 882. The van der Waals surface area contributed by atoms with Gasteiger partial charge < -0.3 is 9.74 Å². The number of rotatable bonds is 6. The maximum atomic E-state index is 13.4. The minimum Gasteiger partial charge on any atom is -0.390 e. The van der Waals surface area contributed by atoms with Crippen molar-refractivity contribution in [3.8, 4) is 0 Å². The van der Waals surface area contributed by atoms with Crippen molar-refractivity contribution in [3.05, 3.63) is 70.5 Å². The Kier molecular flexibility index (Phi) is 5.12. The van der Waals surface area contributed by atoms with Crippen molar-refractivity contribution in [2.45, 2.75) is 31.9 Å². The van der Waals surface area contributed by atoms with E-state index in [-0.39, 0.29) is 23.7 Å². The van der Waals surface area contributed by atoms with Gasteiger partial charge in [0.15, 0.2) is 6.10 Å². The van der Waals surface area contributed by atoms with Gasteiger partial charge in [-0.1, -0.05) is 41.0 Å². The molecule has 140 valence electrons. The van der Waals surface area contributed by atoms with E-state index in [1.807, 2.05) is 35.2 Å². The van der Waals surface area contributed by atoms with Gasteiger partial charge in [-0.05, 0) is 42.7 Å². The van der Waals surface area contributed by atoms with Crippen molar-refractivity contribution < 1.29 is 14.0 Å². The third-order valence-corrected chi connectivity index (χ3v) is 5.05. The van der Waals surface area contributed by atoms with Crippen LogP contribution >= 0.6 is 11.6 Å². The van der Waals surface area contributed by atoms with Gasteiger partial charge in [0.05, 0.1) is 12.3 Å². The van der Waals surface area contributed by atoms with Gasteiger partial charge in [0.2, 0.25) is 5.91 Å². The summed E-state index contributed by atoms with van der Waals surface area (Å²) in [4.78, 5) is 20.1. The molecule has 0 aromatic heterocycles. The van der Waals surface area contributed by atoms with E-state index >= 15 is 0 Å². The number of hydrogen-bond acceptors (Lipinski definition) is 3. The molecule has 0 unspecified atom stereocenters. The van der Waals surface area contributed by atoms with Crippen molar-refractivity contribution in [2.75, 3.05) is 6.54 Å². The SMILES string of the molecule is O=C(C1CC1)N(Cc1cccc(Cl)c1)C[C@H]1CC(c2cccc(F)c2)=NO1. The lowest BCUT2D eigenvalue weighted by molar-refractivity contribution is -0.135. The number of carbonyl (C=O) groups is 1. The average Bonchev–Trinajstić information content (AvgIpc) is 3.39. The topological polar surface area (TPSA) is 41.9 Å². The third-order valence-electron chi connectivity index (χ3n) is 4.82. The first-order chi connectivity index (χ1) is 13.1. The molecular weight excluding hydrogens is 367 g/mol. The van der Waals surface area contributed by atoms with Crippen LogP contribution in [0.15, 0.2) is 53.7 Å². The zero-order valence-electron chi connectivity index (χ0n) is 14.8. The molecule has 1 aliphatic carbocycles. The van der Waals surface area contributed by atoms with Crippen LogP contribution in [0.25, 0.3) is 0 Å². The predicted molar refractivity (Wildman–Crippen MR) is 102 cm³/mol. The minimum atomic E-state index is -0.301. The highest BCUT2D eigenvalue weighted by Gasteiger charge is 2.35. The van der Waals surface area contributed by atoms with E-state index in [1.165, 1.54) is 12.1 Å².